The molecule has 1 saturated heterocycles. The first-order valence-corrected chi connectivity index (χ1v) is 8.76. The first-order chi connectivity index (χ1) is 7.37. The molecule has 1 aromatic carbocycles. The van der Waals surface area contributed by atoms with Crippen LogP contribution in [0.5, 0.6) is 5.75 Å². The number of benzene rings is 1. The molecule has 0 N–H and O–H groups in total. The van der Waals surface area contributed by atoms with Gasteiger partial charge >= 0.3 is 104 Å². The topological polar surface area (TPSA) is 27.7 Å². The predicted molar refractivity (Wildman–Crippen MR) is 66.8 cm³/mol. The molecule has 1 aromatic rings. The van der Waals surface area contributed by atoms with E-state index in [1.807, 2.05) is 32.0 Å². The summed E-state index contributed by atoms with van der Waals surface area (Å²) in [5, 5.41) is 0. The van der Waals surface area contributed by atoms with Crippen molar-refractivity contribution in [3.8, 4) is 5.75 Å². The van der Waals surface area contributed by atoms with E-state index in [1.54, 1.807) is 12.1 Å². The first-order valence-electron chi connectivity index (χ1n) is 4.96. The van der Waals surface area contributed by atoms with E-state index >= 15 is 0 Å². The molecular formula is C10H13Cl2O3P. The zero-order valence-corrected chi connectivity index (χ0v) is 11.4. The van der Waals surface area contributed by atoms with Gasteiger partial charge in [0.05, 0.1) is 0 Å². The summed E-state index contributed by atoms with van der Waals surface area (Å²) < 4.78 is 16.4. The van der Waals surface area contributed by atoms with Crippen LogP contribution in [-0.4, -0.2) is 12.2 Å². The van der Waals surface area contributed by atoms with E-state index in [2.05, 4.69) is 0 Å². The van der Waals surface area contributed by atoms with E-state index in [4.69, 9.17) is 36.1 Å². The van der Waals surface area contributed by atoms with Crippen LogP contribution in [-0.2, 0) is 9.05 Å². The fraction of sp³-hybridized carbons (Fsp3) is 0.400. The van der Waals surface area contributed by atoms with Crippen LogP contribution in [0.4, 0.5) is 0 Å². The van der Waals surface area contributed by atoms with Crippen LogP contribution in [0, 0.1) is 0 Å². The van der Waals surface area contributed by atoms with Gasteiger partial charge in [0.25, 0.3) is 0 Å². The Bertz CT molecular complexity index is 371. The normalized spacial score (nSPS) is 33.9. The van der Waals surface area contributed by atoms with E-state index in [9.17, 15) is 0 Å². The fourth-order valence-corrected chi connectivity index (χ4v) is 5.37. The summed E-state index contributed by atoms with van der Waals surface area (Å²) in [5.41, 5.74) is 0. The third kappa shape index (κ3) is 2.61. The van der Waals surface area contributed by atoms with Gasteiger partial charge in [0.2, 0.25) is 0 Å². The van der Waals surface area contributed by atoms with Gasteiger partial charge in [0.15, 0.2) is 0 Å². The van der Waals surface area contributed by atoms with Gasteiger partial charge in [-0.25, -0.2) is 0 Å². The Labute approximate surface area is 104 Å². The quantitative estimate of drug-likeness (QED) is 0.748. The first kappa shape index (κ1) is 12.4. The summed E-state index contributed by atoms with van der Waals surface area (Å²) in [6.07, 6.45) is -0.368. The number of hydrogen-bond acceptors (Lipinski definition) is 3. The summed E-state index contributed by atoms with van der Waals surface area (Å²) in [4.78, 5) is 0. The molecule has 1 aliphatic rings. The molecule has 2 unspecified atom stereocenters. The Morgan fingerprint density at radius 2 is 1.56 bits per heavy atom. The van der Waals surface area contributed by atoms with Crippen molar-refractivity contribution in [3.05, 3.63) is 30.3 Å². The molecule has 1 aliphatic heterocycles. The van der Waals surface area contributed by atoms with Gasteiger partial charge in [0, 0.05) is 0 Å². The summed E-state index contributed by atoms with van der Waals surface area (Å²) in [7, 11) is 0. The molecule has 2 atom stereocenters. The number of para-hydroxylation sites is 1. The summed E-state index contributed by atoms with van der Waals surface area (Å²) in [6.45, 7) is 3.69. The zero-order valence-electron chi connectivity index (χ0n) is 8.97. The molecule has 0 amide bonds. The molecule has 1 fully saturated rings. The van der Waals surface area contributed by atoms with Crippen LogP contribution in [0.15, 0.2) is 30.3 Å². The minimum atomic E-state index is -3.98. The van der Waals surface area contributed by atoms with Gasteiger partial charge in [-0.1, -0.05) is 0 Å². The van der Waals surface area contributed by atoms with Crippen LogP contribution in [0.1, 0.15) is 13.8 Å². The number of halogens is 2. The van der Waals surface area contributed by atoms with Crippen molar-refractivity contribution < 1.29 is 13.6 Å². The average molecular weight is 283 g/mol. The van der Waals surface area contributed by atoms with Gasteiger partial charge in [0.1, 0.15) is 0 Å². The standard InChI is InChI=1S/C10H13Cl2O3P/c1-8-9(2)14-16(11,12,13-8)15-10-6-4-3-5-7-10/h3-9H,1-2H3. The maximum absolute atomic E-state index is 6.18. The molecular weight excluding hydrogens is 270 g/mol. The van der Waals surface area contributed by atoms with E-state index < -0.39 is 5.99 Å². The number of hydrogen-bond donors (Lipinski definition) is 0. The van der Waals surface area contributed by atoms with Crippen LogP contribution in [0.2, 0.25) is 0 Å². The molecule has 16 heavy (non-hydrogen) atoms. The molecule has 0 aromatic heterocycles. The van der Waals surface area contributed by atoms with Crippen molar-refractivity contribution in [3.63, 3.8) is 0 Å². The Morgan fingerprint density at radius 3 is 2.06 bits per heavy atom. The second kappa shape index (κ2) is 4.01. The predicted octanol–water partition coefficient (Wildman–Crippen LogP) is 4.50. The molecule has 0 spiro atoms. The molecule has 6 heteroatoms. The molecule has 1 heterocycles. The maximum atomic E-state index is 6.18. The average Bonchev–Trinajstić information content (AvgIpc) is 2.37. The van der Waals surface area contributed by atoms with Crippen LogP contribution >= 0.6 is 28.5 Å². The van der Waals surface area contributed by atoms with Gasteiger partial charge in [-0.2, -0.15) is 0 Å². The monoisotopic (exact) mass is 282 g/mol. The Kier molecular flexibility index (Phi) is 3.11. The molecule has 0 aliphatic carbocycles. The second-order valence-corrected chi connectivity index (χ2v) is 9.75. The molecule has 3 nitrogen and oxygen atoms in total. The molecule has 0 radical (unpaired) electrons. The third-order valence-corrected chi connectivity index (χ3v) is 5.51. The van der Waals surface area contributed by atoms with Gasteiger partial charge in [-0.15, -0.1) is 0 Å². The molecule has 2 rings (SSSR count). The third-order valence-electron chi connectivity index (χ3n) is 2.32. The van der Waals surface area contributed by atoms with E-state index in [0.717, 1.165) is 0 Å². The second-order valence-electron chi connectivity index (χ2n) is 3.73. The molecule has 0 bridgehead atoms. The van der Waals surface area contributed by atoms with E-state index in [1.165, 1.54) is 0 Å². The van der Waals surface area contributed by atoms with Crippen LogP contribution in [0.3, 0.4) is 0 Å². The Hall–Kier alpha value is -0.0500. The molecule has 0 saturated carbocycles. The van der Waals surface area contributed by atoms with Gasteiger partial charge < -0.3 is 0 Å². The van der Waals surface area contributed by atoms with E-state index in [0.29, 0.717) is 5.75 Å². The fourth-order valence-electron chi connectivity index (χ4n) is 1.41. The Balaban J connectivity index is 2.20. The summed E-state index contributed by atoms with van der Waals surface area (Å²) in [5.74, 6) is -3.45. The van der Waals surface area contributed by atoms with Crippen molar-refractivity contribution in [2.45, 2.75) is 26.1 Å². The van der Waals surface area contributed by atoms with Crippen LogP contribution in [0.25, 0.3) is 0 Å². The van der Waals surface area contributed by atoms with Gasteiger partial charge in [-0.3, -0.25) is 0 Å². The zero-order chi connectivity index (χ0) is 11.8. The van der Waals surface area contributed by atoms with Crippen molar-refractivity contribution in [2.24, 2.45) is 0 Å². The van der Waals surface area contributed by atoms with Gasteiger partial charge in [-0.05, 0) is 0 Å². The Morgan fingerprint density at radius 1 is 1.06 bits per heavy atom. The summed E-state index contributed by atoms with van der Waals surface area (Å²) >= 11 is 12.4. The minimum absolute atomic E-state index is 0.184. The summed E-state index contributed by atoms with van der Waals surface area (Å²) in [6, 6.07) is 9.02. The SMILES string of the molecule is CC1OP(Cl)(Cl)(Oc2ccccc2)OC1C. The van der Waals surface area contributed by atoms with Crippen molar-refractivity contribution in [2.75, 3.05) is 0 Å². The van der Waals surface area contributed by atoms with Crippen molar-refractivity contribution in [1.29, 1.82) is 0 Å². The number of rotatable bonds is 2. The van der Waals surface area contributed by atoms with Crippen LogP contribution < -0.4 is 4.52 Å². The van der Waals surface area contributed by atoms with Crippen molar-refractivity contribution in [1.82, 2.24) is 0 Å². The van der Waals surface area contributed by atoms with Crippen molar-refractivity contribution >= 4 is 28.5 Å². The van der Waals surface area contributed by atoms with E-state index in [-0.39, 0.29) is 12.2 Å². The molecule has 90 valence electrons.